The fourth-order valence-corrected chi connectivity index (χ4v) is 3.37. The molecular weight excluding hydrogens is 440 g/mol. The van der Waals surface area contributed by atoms with Crippen molar-refractivity contribution >= 4 is 38.7 Å². The van der Waals surface area contributed by atoms with Crippen LogP contribution in [0.3, 0.4) is 0 Å². The molecule has 0 fully saturated rings. The van der Waals surface area contributed by atoms with E-state index in [0.717, 1.165) is 10.1 Å². The van der Waals surface area contributed by atoms with Gasteiger partial charge in [-0.15, -0.1) is 0 Å². The fraction of sp³-hybridized carbons (Fsp3) is 0.188. The van der Waals surface area contributed by atoms with E-state index in [-0.39, 0.29) is 12.1 Å². The second-order valence-corrected chi connectivity index (χ2v) is 7.01. The Bertz CT molecular complexity index is 1280. The maximum atomic E-state index is 12.3. The minimum absolute atomic E-state index is 0.161. The lowest BCUT2D eigenvalue weighted by atomic mass is 10.2. The maximum absolute atomic E-state index is 12.3. The number of halogens is 2. The minimum atomic E-state index is -0.470. The zero-order valence-corrected chi connectivity index (χ0v) is 16.5. The average molecular weight is 452 g/mol. The first kappa shape index (κ1) is 17.7. The van der Waals surface area contributed by atoms with Crippen LogP contribution in [0.2, 0.25) is 5.02 Å². The number of imidazole rings is 1. The van der Waals surface area contributed by atoms with Gasteiger partial charge in [-0.05, 0) is 40.2 Å². The normalized spacial score (nSPS) is 11.4. The summed E-state index contributed by atoms with van der Waals surface area (Å²) in [6.45, 7) is 0.161. The zero-order chi connectivity index (χ0) is 19.3. The van der Waals surface area contributed by atoms with Gasteiger partial charge in [0.15, 0.2) is 21.7 Å². The van der Waals surface area contributed by atoms with Crippen LogP contribution in [-0.2, 0) is 20.6 Å². The molecule has 0 aliphatic carbocycles. The molecule has 0 saturated heterocycles. The molecule has 11 heteroatoms. The van der Waals surface area contributed by atoms with E-state index in [4.69, 9.17) is 16.1 Å². The van der Waals surface area contributed by atoms with E-state index in [9.17, 15) is 9.59 Å². The van der Waals surface area contributed by atoms with Gasteiger partial charge in [-0.2, -0.15) is 4.98 Å². The Kier molecular flexibility index (Phi) is 4.23. The number of rotatable bonds is 3. The van der Waals surface area contributed by atoms with Gasteiger partial charge in [-0.3, -0.25) is 18.5 Å². The van der Waals surface area contributed by atoms with E-state index >= 15 is 0 Å². The second kappa shape index (κ2) is 6.46. The molecule has 0 atom stereocenters. The van der Waals surface area contributed by atoms with E-state index in [0.29, 0.717) is 27.1 Å². The van der Waals surface area contributed by atoms with Crippen molar-refractivity contribution in [2.75, 3.05) is 0 Å². The molecule has 0 aliphatic rings. The van der Waals surface area contributed by atoms with Crippen molar-refractivity contribution in [3.8, 4) is 11.5 Å². The molecule has 4 aromatic rings. The standard InChI is InChI=1S/C16H12BrClN6O3/c1-22-13-11(14(25)23(2)16(22)26)20-15(17)24(13)7-10-19-12(27-21-10)8-3-5-9(18)6-4-8/h3-6H,7H2,1-2H3. The van der Waals surface area contributed by atoms with Gasteiger partial charge in [0.25, 0.3) is 11.4 Å². The van der Waals surface area contributed by atoms with Gasteiger partial charge in [0.1, 0.15) is 0 Å². The Labute approximate surface area is 164 Å². The van der Waals surface area contributed by atoms with E-state index in [1.807, 2.05) is 0 Å². The highest BCUT2D eigenvalue weighted by Crippen LogP contribution is 2.21. The SMILES string of the molecule is Cn1c(=O)c2nc(Br)n(Cc3noc(-c4ccc(Cl)cc4)n3)c2n(C)c1=O. The van der Waals surface area contributed by atoms with Crippen LogP contribution < -0.4 is 11.2 Å². The van der Waals surface area contributed by atoms with Gasteiger partial charge < -0.3 is 4.52 Å². The minimum Gasteiger partial charge on any atom is -0.334 e. The Balaban J connectivity index is 1.79. The monoisotopic (exact) mass is 450 g/mol. The van der Waals surface area contributed by atoms with Crippen molar-refractivity contribution in [1.29, 1.82) is 0 Å². The van der Waals surface area contributed by atoms with Crippen molar-refractivity contribution in [3.63, 3.8) is 0 Å². The van der Waals surface area contributed by atoms with Crippen molar-refractivity contribution < 1.29 is 4.52 Å². The molecule has 138 valence electrons. The number of aromatic nitrogens is 6. The lowest BCUT2D eigenvalue weighted by Crippen LogP contribution is -2.37. The van der Waals surface area contributed by atoms with Gasteiger partial charge >= 0.3 is 5.69 Å². The van der Waals surface area contributed by atoms with Crippen LogP contribution in [0.4, 0.5) is 0 Å². The molecule has 1 aromatic carbocycles. The second-order valence-electron chi connectivity index (χ2n) is 5.87. The van der Waals surface area contributed by atoms with Gasteiger partial charge in [-0.25, -0.2) is 9.78 Å². The van der Waals surface area contributed by atoms with E-state index in [1.54, 1.807) is 35.9 Å². The van der Waals surface area contributed by atoms with Crippen molar-refractivity contribution in [1.82, 2.24) is 28.8 Å². The number of benzene rings is 1. The molecular formula is C16H12BrClN6O3. The van der Waals surface area contributed by atoms with Crippen LogP contribution in [0, 0.1) is 0 Å². The summed E-state index contributed by atoms with van der Waals surface area (Å²) in [5, 5.41) is 4.58. The summed E-state index contributed by atoms with van der Waals surface area (Å²) in [4.78, 5) is 33.2. The summed E-state index contributed by atoms with van der Waals surface area (Å²) < 4.78 is 9.69. The lowest BCUT2D eigenvalue weighted by molar-refractivity contribution is 0.420. The van der Waals surface area contributed by atoms with Crippen molar-refractivity contribution in [2.45, 2.75) is 6.54 Å². The number of hydrogen-bond donors (Lipinski definition) is 0. The maximum Gasteiger partial charge on any atom is 0.332 e. The van der Waals surface area contributed by atoms with Gasteiger partial charge in [0.2, 0.25) is 0 Å². The number of nitrogens with zero attached hydrogens (tertiary/aromatic N) is 6. The summed E-state index contributed by atoms with van der Waals surface area (Å²) in [6, 6.07) is 7.00. The predicted octanol–water partition coefficient (Wildman–Crippen LogP) is 1.95. The molecule has 0 amide bonds. The first-order valence-corrected chi connectivity index (χ1v) is 8.94. The third-order valence-electron chi connectivity index (χ3n) is 4.15. The van der Waals surface area contributed by atoms with Crippen molar-refractivity contribution in [3.05, 3.63) is 60.7 Å². The molecule has 0 aliphatic heterocycles. The molecule has 3 heterocycles. The van der Waals surface area contributed by atoms with Crippen LogP contribution in [-0.4, -0.2) is 28.8 Å². The summed E-state index contributed by atoms with van der Waals surface area (Å²) in [5.74, 6) is 0.708. The third-order valence-corrected chi connectivity index (χ3v) is 5.01. The number of aryl methyl sites for hydroxylation is 1. The average Bonchev–Trinajstić information content (AvgIpc) is 3.24. The van der Waals surface area contributed by atoms with Gasteiger partial charge in [0, 0.05) is 24.7 Å². The van der Waals surface area contributed by atoms with Crippen LogP contribution in [0.5, 0.6) is 0 Å². The summed E-state index contributed by atoms with van der Waals surface area (Å²) in [5.41, 5.74) is 0.355. The first-order chi connectivity index (χ1) is 12.9. The van der Waals surface area contributed by atoms with Crippen LogP contribution in [0.15, 0.2) is 43.1 Å². The zero-order valence-electron chi connectivity index (χ0n) is 14.2. The Hall–Kier alpha value is -2.72. The smallest absolute Gasteiger partial charge is 0.332 e. The quantitative estimate of drug-likeness (QED) is 0.441. The third kappa shape index (κ3) is 2.90. The fourth-order valence-electron chi connectivity index (χ4n) is 2.77. The predicted molar refractivity (Wildman–Crippen MR) is 102 cm³/mol. The molecule has 0 spiro atoms. The lowest BCUT2D eigenvalue weighted by Gasteiger charge is -2.07. The Morgan fingerprint density at radius 2 is 1.81 bits per heavy atom. The molecule has 0 unspecified atom stereocenters. The highest BCUT2D eigenvalue weighted by Gasteiger charge is 2.19. The summed E-state index contributed by atoms with van der Waals surface area (Å²) >= 11 is 9.22. The van der Waals surface area contributed by atoms with Gasteiger partial charge in [0.05, 0.1) is 6.54 Å². The Morgan fingerprint density at radius 3 is 2.52 bits per heavy atom. The summed E-state index contributed by atoms with van der Waals surface area (Å²) in [7, 11) is 2.98. The molecule has 3 aromatic heterocycles. The molecule has 0 bridgehead atoms. The summed E-state index contributed by atoms with van der Waals surface area (Å²) in [6.07, 6.45) is 0. The highest BCUT2D eigenvalue weighted by atomic mass is 79.9. The molecule has 27 heavy (non-hydrogen) atoms. The van der Waals surface area contributed by atoms with Crippen LogP contribution >= 0.6 is 27.5 Å². The largest absolute Gasteiger partial charge is 0.334 e. The highest BCUT2D eigenvalue weighted by molar-refractivity contribution is 9.10. The molecule has 0 N–H and O–H groups in total. The van der Waals surface area contributed by atoms with E-state index in [1.165, 1.54) is 11.6 Å². The first-order valence-electron chi connectivity index (χ1n) is 7.77. The van der Waals surface area contributed by atoms with Crippen LogP contribution in [0.25, 0.3) is 22.6 Å². The Morgan fingerprint density at radius 1 is 1.11 bits per heavy atom. The van der Waals surface area contributed by atoms with Crippen LogP contribution in [0.1, 0.15) is 5.82 Å². The molecule has 4 rings (SSSR count). The molecule has 0 radical (unpaired) electrons. The number of hydrogen-bond acceptors (Lipinski definition) is 6. The molecule has 0 saturated carbocycles. The van der Waals surface area contributed by atoms with E-state index in [2.05, 4.69) is 31.1 Å². The van der Waals surface area contributed by atoms with Crippen molar-refractivity contribution in [2.24, 2.45) is 14.1 Å². The number of fused-ring (bicyclic) bond motifs is 1. The van der Waals surface area contributed by atoms with E-state index < -0.39 is 11.2 Å². The van der Waals surface area contributed by atoms with Gasteiger partial charge in [-0.1, -0.05) is 16.8 Å². The molecule has 9 nitrogen and oxygen atoms in total. The topological polar surface area (TPSA) is 101 Å².